The van der Waals surface area contributed by atoms with E-state index >= 15 is 0 Å². The van der Waals surface area contributed by atoms with Crippen molar-refractivity contribution in [2.24, 2.45) is 0 Å². The van der Waals surface area contributed by atoms with E-state index in [1.54, 1.807) is 12.4 Å². The van der Waals surface area contributed by atoms with Crippen molar-refractivity contribution >= 4 is 5.82 Å². The summed E-state index contributed by atoms with van der Waals surface area (Å²) in [6.07, 6.45) is 3.67. The first-order valence-corrected chi connectivity index (χ1v) is 6.52. The molecule has 4 nitrogen and oxygen atoms in total. The molecule has 1 N–H and O–H groups in total. The van der Waals surface area contributed by atoms with Gasteiger partial charge in [-0.1, -0.05) is 0 Å². The molecule has 0 atom stereocenters. The van der Waals surface area contributed by atoms with Crippen molar-refractivity contribution in [3.8, 4) is 17.0 Å². The highest BCUT2D eigenvalue weighted by atomic mass is 16.5. The third kappa shape index (κ3) is 3.68. The molecular weight excluding hydrogens is 238 g/mol. The van der Waals surface area contributed by atoms with Gasteiger partial charge in [-0.15, -0.1) is 0 Å². The average molecular weight is 257 g/mol. The molecule has 100 valence electrons. The topological polar surface area (TPSA) is 47.0 Å². The number of anilines is 1. The Bertz CT molecular complexity index is 523. The predicted octanol–water partition coefficient (Wildman–Crippen LogP) is 3.36. The molecule has 0 aliphatic rings. The van der Waals surface area contributed by atoms with Crippen LogP contribution >= 0.6 is 0 Å². The van der Waals surface area contributed by atoms with Gasteiger partial charge in [0.15, 0.2) is 0 Å². The van der Waals surface area contributed by atoms with Crippen molar-refractivity contribution in [2.75, 3.05) is 11.9 Å². The second-order valence-electron chi connectivity index (χ2n) is 4.51. The molecule has 4 heteroatoms. The maximum Gasteiger partial charge on any atom is 0.145 e. The van der Waals surface area contributed by atoms with E-state index in [9.17, 15) is 0 Å². The van der Waals surface area contributed by atoms with Gasteiger partial charge < -0.3 is 10.1 Å². The number of benzene rings is 1. The third-order valence-electron chi connectivity index (χ3n) is 2.51. The molecule has 1 heterocycles. The highest BCUT2D eigenvalue weighted by molar-refractivity contribution is 5.60. The zero-order valence-electron chi connectivity index (χ0n) is 11.6. The van der Waals surface area contributed by atoms with Gasteiger partial charge in [0.1, 0.15) is 11.6 Å². The quantitative estimate of drug-likeness (QED) is 0.892. The number of nitrogens with one attached hydrogen (secondary N) is 1. The molecule has 2 rings (SSSR count). The van der Waals surface area contributed by atoms with Crippen LogP contribution in [0.5, 0.6) is 5.75 Å². The molecule has 0 saturated carbocycles. The smallest absolute Gasteiger partial charge is 0.145 e. The lowest BCUT2D eigenvalue weighted by atomic mass is 10.1. The second-order valence-corrected chi connectivity index (χ2v) is 4.51. The summed E-state index contributed by atoms with van der Waals surface area (Å²) in [5, 5.41) is 3.16. The van der Waals surface area contributed by atoms with Crippen molar-refractivity contribution in [3.05, 3.63) is 36.7 Å². The van der Waals surface area contributed by atoms with Crippen molar-refractivity contribution in [1.29, 1.82) is 0 Å². The number of rotatable bonds is 5. The van der Waals surface area contributed by atoms with Crippen LogP contribution in [0.25, 0.3) is 11.3 Å². The van der Waals surface area contributed by atoms with Crippen LogP contribution < -0.4 is 10.1 Å². The van der Waals surface area contributed by atoms with Gasteiger partial charge in [0.2, 0.25) is 0 Å². The summed E-state index contributed by atoms with van der Waals surface area (Å²) in [5.41, 5.74) is 1.89. The number of hydrogen-bond acceptors (Lipinski definition) is 4. The zero-order valence-corrected chi connectivity index (χ0v) is 11.6. The summed E-state index contributed by atoms with van der Waals surface area (Å²) < 4.78 is 5.62. The monoisotopic (exact) mass is 257 g/mol. The van der Waals surface area contributed by atoms with Gasteiger partial charge in [0, 0.05) is 12.1 Å². The predicted molar refractivity (Wildman–Crippen MR) is 77.4 cm³/mol. The Morgan fingerprint density at radius 2 is 1.89 bits per heavy atom. The van der Waals surface area contributed by atoms with Gasteiger partial charge in [-0.2, -0.15) is 0 Å². The second kappa shape index (κ2) is 6.18. The standard InChI is InChI=1S/C15H19N3O/c1-4-17-15-10-16-9-14(18-15)12-5-7-13(8-6-12)19-11(2)3/h5-11H,4H2,1-3H3,(H,17,18). The van der Waals surface area contributed by atoms with E-state index in [0.29, 0.717) is 0 Å². The van der Waals surface area contributed by atoms with E-state index in [1.807, 2.05) is 45.0 Å². The summed E-state index contributed by atoms with van der Waals surface area (Å²) in [5.74, 6) is 1.66. The van der Waals surface area contributed by atoms with E-state index in [-0.39, 0.29) is 6.10 Å². The molecule has 1 aromatic heterocycles. The molecule has 0 radical (unpaired) electrons. The molecule has 0 aliphatic heterocycles. The molecule has 0 saturated heterocycles. The molecule has 2 aromatic rings. The Morgan fingerprint density at radius 1 is 1.16 bits per heavy atom. The van der Waals surface area contributed by atoms with Crippen molar-refractivity contribution in [3.63, 3.8) is 0 Å². The Morgan fingerprint density at radius 3 is 2.53 bits per heavy atom. The fraction of sp³-hybridized carbons (Fsp3) is 0.333. The molecule has 0 unspecified atom stereocenters. The highest BCUT2D eigenvalue weighted by Gasteiger charge is 2.03. The maximum absolute atomic E-state index is 5.62. The molecule has 19 heavy (non-hydrogen) atoms. The number of ether oxygens (including phenoxy) is 1. The van der Waals surface area contributed by atoms with Gasteiger partial charge in [-0.05, 0) is 45.0 Å². The van der Waals surface area contributed by atoms with Crippen LogP contribution in [0.15, 0.2) is 36.7 Å². The molecular formula is C15H19N3O. The van der Waals surface area contributed by atoms with Crippen molar-refractivity contribution < 1.29 is 4.74 Å². The molecule has 0 fully saturated rings. The van der Waals surface area contributed by atoms with Crippen LogP contribution in [0.2, 0.25) is 0 Å². The Balaban J connectivity index is 2.19. The van der Waals surface area contributed by atoms with Crippen LogP contribution in [-0.2, 0) is 0 Å². The fourth-order valence-electron chi connectivity index (χ4n) is 1.75. The van der Waals surface area contributed by atoms with Crippen LogP contribution in [-0.4, -0.2) is 22.6 Å². The third-order valence-corrected chi connectivity index (χ3v) is 2.51. The van der Waals surface area contributed by atoms with Crippen molar-refractivity contribution in [1.82, 2.24) is 9.97 Å². The summed E-state index contributed by atoms with van der Waals surface area (Å²) in [4.78, 5) is 8.70. The minimum Gasteiger partial charge on any atom is -0.491 e. The largest absolute Gasteiger partial charge is 0.491 e. The van der Waals surface area contributed by atoms with Gasteiger partial charge in [0.05, 0.1) is 24.2 Å². The SMILES string of the molecule is CCNc1cncc(-c2ccc(OC(C)C)cc2)n1. The minimum atomic E-state index is 0.183. The lowest BCUT2D eigenvalue weighted by Crippen LogP contribution is -2.05. The van der Waals surface area contributed by atoms with Crippen molar-refractivity contribution in [2.45, 2.75) is 26.9 Å². The summed E-state index contributed by atoms with van der Waals surface area (Å²) in [6.45, 7) is 6.89. The van der Waals surface area contributed by atoms with Gasteiger partial charge in [-0.25, -0.2) is 4.98 Å². The van der Waals surface area contributed by atoms with E-state index in [4.69, 9.17) is 4.74 Å². The molecule has 0 bridgehead atoms. The Hall–Kier alpha value is -2.10. The van der Waals surface area contributed by atoms with E-state index in [1.165, 1.54) is 0 Å². The summed E-state index contributed by atoms with van der Waals surface area (Å²) in [6, 6.07) is 7.91. The van der Waals surface area contributed by atoms with Gasteiger partial charge in [0.25, 0.3) is 0 Å². The zero-order chi connectivity index (χ0) is 13.7. The summed E-state index contributed by atoms with van der Waals surface area (Å²) >= 11 is 0. The maximum atomic E-state index is 5.62. The van der Waals surface area contributed by atoms with E-state index < -0.39 is 0 Å². The molecule has 0 amide bonds. The van der Waals surface area contributed by atoms with Crippen LogP contribution in [0.3, 0.4) is 0 Å². The van der Waals surface area contributed by atoms with Gasteiger partial charge >= 0.3 is 0 Å². The lowest BCUT2D eigenvalue weighted by molar-refractivity contribution is 0.242. The molecule has 0 spiro atoms. The molecule has 0 aliphatic carbocycles. The number of aromatic nitrogens is 2. The lowest BCUT2D eigenvalue weighted by Gasteiger charge is -2.10. The van der Waals surface area contributed by atoms with Crippen LogP contribution in [0.4, 0.5) is 5.82 Å². The van der Waals surface area contributed by atoms with E-state index in [2.05, 4.69) is 15.3 Å². The first-order valence-electron chi connectivity index (χ1n) is 6.52. The summed E-state index contributed by atoms with van der Waals surface area (Å²) in [7, 11) is 0. The normalized spacial score (nSPS) is 10.5. The number of nitrogens with zero attached hydrogens (tertiary/aromatic N) is 2. The highest BCUT2D eigenvalue weighted by Crippen LogP contribution is 2.21. The average Bonchev–Trinajstić information content (AvgIpc) is 2.40. The number of hydrogen-bond donors (Lipinski definition) is 1. The Kier molecular flexibility index (Phi) is 4.34. The fourth-order valence-corrected chi connectivity index (χ4v) is 1.75. The van der Waals surface area contributed by atoms with Crippen LogP contribution in [0.1, 0.15) is 20.8 Å². The van der Waals surface area contributed by atoms with Gasteiger partial charge in [-0.3, -0.25) is 4.98 Å². The first kappa shape index (κ1) is 13.3. The minimum absolute atomic E-state index is 0.183. The van der Waals surface area contributed by atoms with Crippen LogP contribution in [0, 0.1) is 0 Å². The molecule has 1 aromatic carbocycles. The first-order chi connectivity index (χ1) is 9.19. The van der Waals surface area contributed by atoms with E-state index in [0.717, 1.165) is 29.4 Å². The Labute approximate surface area is 113 Å².